The fraction of sp³-hybridized carbons (Fsp3) is 0.125. The van der Waals surface area contributed by atoms with E-state index in [-0.39, 0.29) is 0 Å². The average Bonchev–Trinajstić information content (AvgIpc) is 2.31. The van der Waals surface area contributed by atoms with Gasteiger partial charge in [-0.2, -0.15) is 0 Å². The van der Waals surface area contributed by atoms with Gasteiger partial charge in [0.15, 0.2) is 5.82 Å². The molecule has 62 valence electrons. The molecule has 0 spiro atoms. The monoisotopic (exact) mass is 168 g/mol. The zero-order valence-electron chi connectivity index (χ0n) is 6.38. The lowest BCUT2D eigenvalue weighted by molar-refractivity contribution is 0.578. The number of hydrogen-bond donors (Lipinski definition) is 0. The van der Waals surface area contributed by atoms with Crippen LogP contribution in [0, 0.1) is 18.6 Å². The van der Waals surface area contributed by atoms with Gasteiger partial charge in [0.2, 0.25) is 0 Å². The minimum atomic E-state index is -0.600. The second-order valence-corrected chi connectivity index (χ2v) is 2.59. The lowest BCUT2D eigenvalue weighted by Gasteiger charge is -1.96. The van der Waals surface area contributed by atoms with Crippen LogP contribution in [0.3, 0.4) is 0 Å². The van der Waals surface area contributed by atoms with E-state index in [0.717, 1.165) is 6.07 Å². The molecule has 0 aliphatic heterocycles. The predicted molar refractivity (Wildman–Crippen MR) is 39.8 cm³/mol. The van der Waals surface area contributed by atoms with Crippen LogP contribution in [-0.2, 0) is 0 Å². The molecule has 0 aromatic carbocycles. The van der Waals surface area contributed by atoms with Gasteiger partial charge in [0.05, 0.1) is 12.0 Å². The molecule has 0 aliphatic rings. The van der Waals surface area contributed by atoms with Gasteiger partial charge < -0.3 is 4.40 Å². The summed E-state index contributed by atoms with van der Waals surface area (Å²) in [5, 5.41) is 0. The zero-order valence-corrected chi connectivity index (χ0v) is 6.38. The molecule has 0 aliphatic carbocycles. The van der Waals surface area contributed by atoms with Crippen molar-refractivity contribution in [2.75, 3.05) is 0 Å². The van der Waals surface area contributed by atoms with Crippen molar-refractivity contribution in [2.24, 2.45) is 0 Å². The van der Waals surface area contributed by atoms with E-state index in [9.17, 15) is 8.78 Å². The van der Waals surface area contributed by atoms with Crippen molar-refractivity contribution in [1.29, 1.82) is 0 Å². The van der Waals surface area contributed by atoms with Crippen LogP contribution in [0.5, 0.6) is 0 Å². The summed E-state index contributed by atoms with van der Waals surface area (Å²) in [6.45, 7) is 1.68. The van der Waals surface area contributed by atoms with Gasteiger partial charge in [0.25, 0.3) is 0 Å². The molecule has 0 saturated carbocycles. The number of aromatic nitrogens is 2. The van der Waals surface area contributed by atoms with E-state index in [2.05, 4.69) is 4.98 Å². The Labute approximate surface area is 67.5 Å². The molecule has 0 saturated heterocycles. The highest BCUT2D eigenvalue weighted by molar-refractivity contribution is 5.52. The second-order valence-electron chi connectivity index (χ2n) is 2.59. The van der Waals surface area contributed by atoms with Gasteiger partial charge in [-0.25, -0.2) is 13.8 Å². The maximum atomic E-state index is 13.0. The van der Waals surface area contributed by atoms with Crippen LogP contribution in [0.2, 0.25) is 0 Å². The molecule has 2 aromatic heterocycles. The predicted octanol–water partition coefficient (Wildman–Crippen LogP) is 1.92. The summed E-state index contributed by atoms with van der Waals surface area (Å²) in [6.07, 6.45) is 2.58. The number of halogens is 2. The Bertz CT molecular complexity index is 434. The zero-order chi connectivity index (χ0) is 8.72. The van der Waals surface area contributed by atoms with Crippen molar-refractivity contribution in [3.8, 4) is 0 Å². The third kappa shape index (κ3) is 0.879. The SMILES string of the molecule is Cc1ncn2cc(F)cc(F)c12. The number of nitrogens with zero attached hydrogens (tertiary/aromatic N) is 2. The molecule has 2 aromatic rings. The quantitative estimate of drug-likeness (QED) is 0.587. The van der Waals surface area contributed by atoms with Crippen LogP contribution in [0.4, 0.5) is 8.78 Å². The third-order valence-corrected chi connectivity index (χ3v) is 1.73. The number of rotatable bonds is 0. The van der Waals surface area contributed by atoms with Crippen LogP contribution in [-0.4, -0.2) is 9.38 Å². The fourth-order valence-corrected chi connectivity index (χ4v) is 1.21. The van der Waals surface area contributed by atoms with E-state index < -0.39 is 11.6 Å². The molecule has 2 heterocycles. The Hall–Kier alpha value is -1.45. The molecule has 0 unspecified atom stereocenters. The van der Waals surface area contributed by atoms with Crippen LogP contribution < -0.4 is 0 Å². The van der Waals surface area contributed by atoms with Crippen LogP contribution in [0.25, 0.3) is 5.52 Å². The highest BCUT2D eigenvalue weighted by Crippen LogP contribution is 2.14. The van der Waals surface area contributed by atoms with Crippen molar-refractivity contribution >= 4 is 5.52 Å². The van der Waals surface area contributed by atoms with Gasteiger partial charge >= 0.3 is 0 Å². The molecular formula is C8H6F2N2. The summed E-state index contributed by atoms with van der Waals surface area (Å²) in [4.78, 5) is 3.85. The number of hydrogen-bond acceptors (Lipinski definition) is 1. The molecule has 2 rings (SSSR count). The van der Waals surface area contributed by atoms with Crippen LogP contribution in [0.1, 0.15) is 5.69 Å². The van der Waals surface area contributed by atoms with Gasteiger partial charge in [-0.15, -0.1) is 0 Å². The average molecular weight is 168 g/mol. The summed E-state index contributed by atoms with van der Waals surface area (Å²) >= 11 is 0. The van der Waals surface area contributed by atoms with Gasteiger partial charge in [-0.05, 0) is 6.92 Å². The molecule has 0 fully saturated rings. The van der Waals surface area contributed by atoms with E-state index in [1.807, 2.05) is 0 Å². The fourth-order valence-electron chi connectivity index (χ4n) is 1.21. The number of fused-ring (bicyclic) bond motifs is 1. The molecule has 0 amide bonds. The van der Waals surface area contributed by atoms with Gasteiger partial charge in [-0.1, -0.05) is 0 Å². The van der Waals surface area contributed by atoms with E-state index >= 15 is 0 Å². The topological polar surface area (TPSA) is 17.3 Å². The van der Waals surface area contributed by atoms with Crippen molar-refractivity contribution in [3.05, 3.63) is 35.9 Å². The molecular weight excluding hydrogens is 162 g/mol. The first-order valence-corrected chi connectivity index (χ1v) is 3.47. The number of imidazole rings is 1. The van der Waals surface area contributed by atoms with Gasteiger partial charge in [-0.3, -0.25) is 0 Å². The summed E-state index contributed by atoms with van der Waals surface area (Å²) in [5.41, 5.74) is 0.893. The minimum Gasteiger partial charge on any atom is -0.300 e. The standard InChI is InChI=1S/C8H6F2N2/c1-5-8-7(10)2-6(9)3-12(8)4-11-5/h2-4H,1H3. The smallest absolute Gasteiger partial charge is 0.152 e. The third-order valence-electron chi connectivity index (χ3n) is 1.73. The first-order chi connectivity index (χ1) is 5.68. The number of aryl methyl sites for hydroxylation is 1. The first kappa shape index (κ1) is 7.21. The summed E-state index contributed by atoms with van der Waals surface area (Å²) in [5.74, 6) is -1.18. The molecule has 4 heteroatoms. The molecule has 2 nitrogen and oxygen atoms in total. The highest BCUT2D eigenvalue weighted by Gasteiger charge is 2.06. The van der Waals surface area contributed by atoms with E-state index in [4.69, 9.17) is 0 Å². The van der Waals surface area contributed by atoms with E-state index in [1.54, 1.807) is 6.92 Å². The van der Waals surface area contributed by atoms with Gasteiger partial charge in [0.1, 0.15) is 11.3 Å². The van der Waals surface area contributed by atoms with E-state index in [1.165, 1.54) is 16.9 Å². The largest absolute Gasteiger partial charge is 0.300 e. The molecule has 0 atom stereocenters. The Kier molecular flexibility index (Phi) is 1.36. The van der Waals surface area contributed by atoms with Crippen LogP contribution in [0.15, 0.2) is 18.6 Å². The van der Waals surface area contributed by atoms with Crippen molar-refractivity contribution in [3.63, 3.8) is 0 Å². The Balaban J connectivity index is 2.93. The molecule has 0 N–H and O–H groups in total. The molecule has 12 heavy (non-hydrogen) atoms. The van der Waals surface area contributed by atoms with Crippen molar-refractivity contribution in [1.82, 2.24) is 9.38 Å². The second kappa shape index (κ2) is 2.27. The van der Waals surface area contributed by atoms with Crippen molar-refractivity contribution < 1.29 is 8.78 Å². The molecule has 0 radical (unpaired) electrons. The Morgan fingerprint density at radius 1 is 1.42 bits per heavy atom. The normalized spacial score (nSPS) is 10.9. The lowest BCUT2D eigenvalue weighted by Crippen LogP contribution is -1.89. The highest BCUT2D eigenvalue weighted by atomic mass is 19.1. The van der Waals surface area contributed by atoms with Crippen LogP contribution >= 0.6 is 0 Å². The van der Waals surface area contributed by atoms with Gasteiger partial charge in [0, 0.05) is 12.3 Å². The Morgan fingerprint density at radius 3 is 2.92 bits per heavy atom. The molecule has 0 bridgehead atoms. The lowest BCUT2D eigenvalue weighted by atomic mass is 10.3. The van der Waals surface area contributed by atoms with E-state index in [0.29, 0.717) is 11.2 Å². The summed E-state index contributed by atoms with van der Waals surface area (Å²) in [6, 6.07) is 0.851. The summed E-state index contributed by atoms with van der Waals surface area (Å²) < 4.78 is 27.0. The number of pyridine rings is 1. The summed E-state index contributed by atoms with van der Waals surface area (Å²) in [7, 11) is 0. The maximum Gasteiger partial charge on any atom is 0.152 e. The minimum absolute atomic E-state index is 0.330. The Morgan fingerprint density at radius 2 is 2.17 bits per heavy atom. The maximum absolute atomic E-state index is 13.0. The van der Waals surface area contributed by atoms with Crippen molar-refractivity contribution in [2.45, 2.75) is 6.92 Å². The first-order valence-electron chi connectivity index (χ1n) is 3.47.